The normalized spacial score (nSPS) is 11.9. The van der Waals surface area contributed by atoms with E-state index in [1.54, 1.807) is 13.1 Å². The Bertz CT molecular complexity index is 987. The molecule has 1 atom stereocenters. The molecule has 0 spiro atoms. The molecule has 1 aromatic carbocycles. The van der Waals surface area contributed by atoms with Gasteiger partial charge in [0.15, 0.2) is 17.5 Å². The first-order valence-electron chi connectivity index (χ1n) is 7.80. The topological polar surface area (TPSA) is 103 Å². The number of hydrogen-bond acceptors (Lipinski definition) is 3. The number of carbonyl (C=O) groups excluding carboxylic acids is 2. The SMILES string of the molecule is CC(NC(=O)c1cc(NC(=O)c2cc(F)c(F)cc2Cl)n[nH]1)c1ccc[nH]1. The van der Waals surface area contributed by atoms with Crippen molar-refractivity contribution in [3.05, 3.63) is 70.1 Å². The fourth-order valence-corrected chi connectivity index (χ4v) is 2.58. The largest absolute Gasteiger partial charge is 0.363 e. The van der Waals surface area contributed by atoms with E-state index in [4.69, 9.17) is 11.6 Å². The highest BCUT2D eigenvalue weighted by atomic mass is 35.5. The molecule has 2 heterocycles. The second-order valence-electron chi connectivity index (χ2n) is 5.69. The first kappa shape index (κ1) is 18.6. The fourth-order valence-electron chi connectivity index (χ4n) is 2.35. The third-order valence-corrected chi connectivity index (χ3v) is 4.07. The van der Waals surface area contributed by atoms with Crippen LogP contribution < -0.4 is 10.6 Å². The molecule has 2 amide bonds. The molecule has 140 valence electrons. The molecule has 4 N–H and O–H groups in total. The Morgan fingerprint density at radius 3 is 2.63 bits per heavy atom. The van der Waals surface area contributed by atoms with Gasteiger partial charge in [-0.3, -0.25) is 14.7 Å². The van der Waals surface area contributed by atoms with Gasteiger partial charge in [0.2, 0.25) is 0 Å². The van der Waals surface area contributed by atoms with Crippen molar-refractivity contribution >= 4 is 29.2 Å². The summed E-state index contributed by atoms with van der Waals surface area (Å²) in [6.07, 6.45) is 1.74. The van der Waals surface area contributed by atoms with Crippen LogP contribution in [0, 0.1) is 11.6 Å². The first-order chi connectivity index (χ1) is 12.8. The molecule has 0 aliphatic carbocycles. The van der Waals surface area contributed by atoms with Crippen LogP contribution >= 0.6 is 11.6 Å². The van der Waals surface area contributed by atoms with Crippen molar-refractivity contribution in [1.29, 1.82) is 0 Å². The van der Waals surface area contributed by atoms with Gasteiger partial charge in [-0.25, -0.2) is 8.78 Å². The lowest BCUT2D eigenvalue weighted by Gasteiger charge is -2.11. The van der Waals surface area contributed by atoms with E-state index in [1.165, 1.54) is 6.07 Å². The summed E-state index contributed by atoms with van der Waals surface area (Å²) in [7, 11) is 0. The molecule has 0 radical (unpaired) electrons. The molecule has 27 heavy (non-hydrogen) atoms. The van der Waals surface area contributed by atoms with Crippen LogP contribution in [-0.4, -0.2) is 27.0 Å². The first-order valence-corrected chi connectivity index (χ1v) is 8.18. The summed E-state index contributed by atoms with van der Waals surface area (Å²) in [5.41, 5.74) is 0.675. The molecule has 7 nitrogen and oxygen atoms in total. The van der Waals surface area contributed by atoms with Crippen LogP contribution in [0.2, 0.25) is 5.02 Å². The lowest BCUT2D eigenvalue weighted by molar-refractivity contribution is 0.0933. The summed E-state index contributed by atoms with van der Waals surface area (Å²) in [6.45, 7) is 1.80. The smallest absolute Gasteiger partial charge is 0.269 e. The summed E-state index contributed by atoms with van der Waals surface area (Å²) >= 11 is 5.76. The van der Waals surface area contributed by atoms with Crippen LogP contribution in [0.4, 0.5) is 14.6 Å². The Balaban J connectivity index is 1.68. The molecule has 3 rings (SSSR count). The van der Waals surface area contributed by atoms with Gasteiger partial charge in [-0.2, -0.15) is 5.10 Å². The van der Waals surface area contributed by atoms with E-state index in [1.807, 2.05) is 12.1 Å². The minimum atomic E-state index is -1.20. The maximum Gasteiger partial charge on any atom is 0.269 e. The zero-order valence-corrected chi connectivity index (χ0v) is 14.7. The molecule has 0 saturated carbocycles. The Morgan fingerprint density at radius 2 is 1.93 bits per heavy atom. The van der Waals surface area contributed by atoms with Crippen LogP contribution in [-0.2, 0) is 0 Å². The number of halogens is 3. The highest BCUT2D eigenvalue weighted by Crippen LogP contribution is 2.21. The zero-order chi connectivity index (χ0) is 19.6. The molecule has 3 aromatic rings. The average Bonchev–Trinajstić information content (AvgIpc) is 3.29. The quantitative estimate of drug-likeness (QED) is 0.499. The molecule has 1 unspecified atom stereocenters. The number of H-pyrrole nitrogens is 2. The molecular weight excluding hydrogens is 380 g/mol. The fraction of sp³-hybridized carbons (Fsp3) is 0.118. The number of nitrogens with zero attached hydrogens (tertiary/aromatic N) is 1. The maximum atomic E-state index is 13.3. The van der Waals surface area contributed by atoms with Crippen molar-refractivity contribution in [3.8, 4) is 0 Å². The average molecular weight is 394 g/mol. The number of anilines is 1. The van der Waals surface area contributed by atoms with Crippen LogP contribution in [0.3, 0.4) is 0 Å². The van der Waals surface area contributed by atoms with Crippen molar-refractivity contribution in [1.82, 2.24) is 20.5 Å². The van der Waals surface area contributed by atoms with E-state index in [0.717, 1.165) is 5.69 Å². The second-order valence-corrected chi connectivity index (χ2v) is 6.09. The van der Waals surface area contributed by atoms with Gasteiger partial charge in [0.1, 0.15) is 5.69 Å². The van der Waals surface area contributed by atoms with E-state index >= 15 is 0 Å². The number of amides is 2. The van der Waals surface area contributed by atoms with Gasteiger partial charge >= 0.3 is 0 Å². The Labute approximate surface area is 157 Å². The molecule has 0 aliphatic rings. The van der Waals surface area contributed by atoms with E-state index < -0.39 is 23.4 Å². The number of benzene rings is 1. The van der Waals surface area contributed by atoms with Gasteiger partial charge in [0.05, 0.1) is 16.6 Å². The predicted octanol–water partition coefficient (Wildman–Crippen LogP) is 3.41. The van der Waals surface area contributed by atoms with Crippen molar-refractivity contribution in [2.24, 2.45) is 0 Å². The van der Waals surface area contributed by atoms with Crippen molar-refractivity contribution in [2.45, 2.75) is 13.0 Å². The van der Waals surface area contributed by atoms with E-state index in [9.17, 15) is 18.4 Å². The zero-order valence-electron chi connectivity index (χ0n) is 13.9. The van der Waals surface area contributed by atoms with Gasteiger partial charge in [-0.05, 0) is 31.2 Å². The number of aromatic nitrogens is 3. The van der Waals surface area contributed by atoms with Crippen LogP contribution in [0.15, 0.2) is 36.5 Å². The van der Waals surface area contributed by atoms with E-state index in [-0.39, 0.29) is 28.1 Å². The monoisotopic (exact) mass is 393 g/mol. The van der Waals surface area contributed by atoms with E-state index in [2.05, 4.69) is 25.8 Å². The highest BCUT2D eigenvalue weighted by Gasteiger charge is 2.18. The highest BCUT2D eigenvalue weighted by molar-refractivity contribution is 6.34. The minimum absolute atomic E-state index is 0.0264. The molecule has 0 fully saturated rings. The van der Waals surface area contributed by atoms with Crippen LogP contribution in [0.5, 0.6) is 0 Å². The van der Waals surface area contributed by atoms with Crippen LogP contribution in [0.25, 0.3) is 0 Å². The number of hydrogen-bond donors (Lipinski definition) is 4. The third kappa shape index (κ3) is 4.14. The number of carbonyl (C=O) groups is 2. The second kappa shape index (κ2) is 7.58. The number of rotatable bonds is 5. The third-order valence-electron chi connectivity index (χ3n) is 3.75. The van der Waals surface area contributed by atoms with E-state index in [0.29, 0.717) is 12.1 Å². The summed E-state index contributed by atoms with van der Waals surface area (Å²) in [5, 5.41) is 11.2. The lowest BCUT2D eigenvalue weighted by Crippen LogP contribution is -2.27. The van der Waals surface area contributed by atoms with Gasteiger partial charge < -0.3 is 15.6 Å². The summed E-state index contributed by atoms with van der Waals surface area (Å²) in [4.78, 5) is 27.4. The molecule has 0 saturated heterocycles. The molecular formula is C17H14ClF2N5O2. The molecule has 10 heteroatoms. The number of aromatic amines is 2. The van der Waals surface area contributed by atoms with Crippen molar-refractivity contribution in [2.75, 3.05) is 5.32 Å². The minimum Gasteiger partial charge on any atom is -0.363 e. The summed E-state index contributed by atoms with van der Waals surface area (Å²) < 4.78 is 26.4. The maximum absolute atomic E-state index is 13.3. The Hall–Kier alpha value is -3.20. The standard InChI is InChI=1S/C17H14ClF2N5O2/c1-8(13-3-2-4-21-13)22-17(27)14-7-15(25-24-14)23-16(26)9-5-11(19)12(20)6-10(9)18/h2-8,21H,1H3,(H,22,27)(H2,23,24,25,26). The number of nitrogens with one attached hydrogen (secondary N) is 4. The van der Waals surface area contributed by atoms with Crippen molar-refractivity contribution in [3.63, 3.8) is 0 Å². The molecule has 2 aromatic heterocycles. The lowest BCUT2D eigenvalue weighted by atomic mass is 10.2. The van der Waals surface area contributed by atoms with Crippen molar-refractivity contribution < 1.29 is 18.4 Å². The summed E-state index contributed by atoms with van der Waals surface area (Å²) in [5.74, 6) is -3.57. The van der Waals surface area contributed by atoms with Gasteiger partial charge in [0.25, 0.3) is 11.8 Å². The summed E-state index contributed by atoms with van der Waals surface area (Å²) in [6, 6.07) is 6.07. The predicted molar refractivity (Wildman–Crippen MR) is 94.6 cm³/mol. The van der Waals surface area contributed by atoms with Gasteiger partial charge in [-0.15, -0.1) is 0 Å². The van der Waals surface area contributed by atoms with Gasteiger partial charge in [0, 0.05) is 18.0 Å². The molecule has 0 aliphatic heterocycles. The Morgan fingerprint density at radius 1 is 1.19 bits per heavy atom. The molecule has 0 bridgehead atoms. The van der Waals surface area contributed by atoms with Crippen LogP contribution in [0.1, 0.15) is 39.5 Å². The Kier molecular flexibility index (Phi) is 5.22. The van der Waals surface area contributed by atoms with Gasteiger partial charge in [-0.1, -0.05) is 11.6 Å².